The summed E-state index contributed by atoms with van der Waals surface area (Å²) in [6.45, 7) is 1.49. The number of ether oxygens (including phenoxy) is 3. The number of nitrogens with zero attached hydrogens (tertiary/aromatic N) is 2. The fraction of sp³-hybridized carbons (Fsp3) is 0.417. The van der Waals surface area contributed by atoms with Crippen LogP contribution in [0.1, 0.15) is 47.3 Å². The van der Waals surface area contributed by atoms with E-state index in [0.29, 0.717) is 37.8 Å². The topological polar surface area (TPSA) is 109 Å². The first-order valence-corrected chi connectivity index (χ1v) is 11.9. The lowest BCUT2D eigenvalue weighted by molar-refractivity contribution is -0.116. The lowest BCUT2D eigenvalue weighted by atomic mass is 9.98. The highest BCUT2D eigenvalue weighted by Gasteiger charge is 2.24. The van der Waals surface area contributed by atoms with E-state index in [-0.39, 0.29) is 18.2 Å². The average Bonchev–Trinajstić information content (AvgIpc) is 3.18. The highest BCUT2D eigenvalue weighted by atomic mass is 32.1. The number of carbonyl (C=O) groups excluding carboxylic acids is 2. The third-order valence-corrected chi connectivity index (χ3v) is 7.09. The van der Waals surface area contributed by atoms with Gasteiger partial charge in [-0.3, -0.25) is 14.2 Å². The Kier molecular flexibility index (Phi) is 7.16. The summed E-state index contributed by atoms with van der Waals surface area (Å²) in [6.07, 6.45) is 6.27. The number of esters is 1. The van der Waals surface area contributed by atoms with E-state index >= 15 is 0 Å². The van der Waals surface area contributed by atoms with Crippen molar-refractivity contribution in [3.63, 3.8) is 0 Å². The molecule has 0 spiro atoms. The van der Waals surface area contributed by atoms with E-state index in [1.165, 1.54) is 31.5 Å². The van der Waals surface area contributed by atoms with Gasteiger partial charge in [-0.25, -0.2) is 9.78 Å². The lowest BCUT2D eigenvalue weighted by Crippen LogP contribution is -2.28. The zero-order valence-corrected chi connectivity index (χ0v) is 20.2. The van der Waals surface area contributed by atoms with Crippen LogP contribution >= 0.6 is 11.3 Å². The minimum Gasteiger partial charge on any atom is -0.493 e. The smallest absolute Gasteiger partial charge is 0.348 e. The van der Waals surface area contributed by atoms with E-state index in [1.54, 1.807) is 25.1 Å². The second-order valence-corrected chi connectivity index (χ2v) is 9.20. The Bertz CT molecular complexity index is 1280. The summed E-state index contributed by atoms with van der Waals surface area (Å²) < 4.78 is 17.4. The second-order valence-electron chi connectivity index (χ2n) is 8.20. The van der Waals surface area contributed by atoms with Gasteiger partial charge in [-0.15, -0.1) is 11.3 Å². The Morgan fingerprint density at radius 1 is 1.15 bits per heavy atom. The van der Waals surface area contributed by atoms with Crippen LogP contribution in [0.15, 0.2) is 29.3 Å². The van der Waals surface area contributed by atoms with Crippen molar-refractivity contribution in [1.29, 1.82) is 0 Å². The molecule has 1 aromatic carbocycles. The maximum Gasteiger partial charge on any atom is 0.348 e. The summed E-state index contributed by atoms with van der Waals surface area (Å²) in [7, 11) is 3.03. The Labute approximate surface area is 200 Å². The van der Waals surface area contributed by atoms with Gasteiger partial charge >= 0.3 is 5.97 Å². The zero-order chi connectivity index (χ0) is 24.2. The van der Waals surface area contributed by atoms with Gasteiger partial charge in [0.05, 0.1) is 25.9 Å². The van der Waals surface area contributed by atoms with Gasteiger partial charge < -0.3 is 19.5 Å². The van der Waals surface area contributed by atoms with Crippen LogP contribution in [0.2, 0.25) is 0 Å². The van der Waals surface area contributed by atoms with Gasteiger partial charge in [0.1, 0.15) is 22.4 Å². The molecule has 2 heterocycles. The van der Waals surface area contributed by atoms with E-state index in [4.69, 9.17) is 14.2 Å². The van der Waals surface area contributed by atoms with Crippen molar-refractivity contribution in [3.05, 3.63) is 45.3 Å². The number of methoxy groups -OCH3 is 2. The molecule has 0 radical (unpaired) electrons. The van der Waals surface area contributed by atoms with Crippen LogP contribution in [0, 0.1) is 6.92 Å². The zero-order valence-electron chi connectivity index (χ0n) is 19.4. The van der Waals surface area contributed by atoms with Gasteiger partial charge in [0.15, 0.2) is 11.5 Å². The molecule has 3 aromatic rings. The van der Waals surface area contributed by atoms with Crippen molar-refractivity contribution in [1.82, 2.24) is 9.55 Å². The number of fused-ring (bicyclic) bond motifs is 1. The Hall–Kier alpha value is -3.40. The first-order chi connectivity index (χ1) is 16.4. The molecule has 1 N–H and O–H groups in total. The fourth-order valence-corrected chi connectivity index (χ4v) is 5.15. The van der Waals surface area contributed by atoms with Crippen molar-refractivity contribution in [2.75, 3.05) is 19.5 Å². The van der Waals surface area contributed by atoms with Crippen LogP contribution in [0.25, 0.3) is 10.2 Å². The highest BCUT2D eigenvalue weighted by molar-refractivity contribution is 7.20. The highest BCUT2D eigenvalue weighted by Crippen LogP contribution is 2.31. The number of hydrogen-bond donors (Lipinski definition) is 1. The minimum atomic E-state index is -0.412. The number of benzene rings is 1. The molecule has 9 nitrogen and oxygen atoms in total. The molecule has 0 atom stereocenters. The minimum absolute atomic E-state index is 0.0734. The van der Waals surface area contributed by atoms with E-state index in [0.717, 1.165) is 37.0 Å². The van der Waals surface area contributed by atoms with E-state index < -0.39 is 11.9 Å². The predicted octanol–water partition coefficient (Wildman–Crippen LogP) is 3.91. The number of hydrogen-bond acceptors (Lipinski definition) is 8. The van der Waals surface area contributed by atoms with Crippen molar-refractivity contribution in [2.45, 2.75) is 51.7 Å². The van der Waals surface area contributed by atoms with Crippen LogP contribution in [0.4, 0.5) is 5.69 Å². The number of thiophene rings is 1. The third kappa shape index (κ3) is 4.91. The summed E-state index contributed by atoms with van der Waals surface area (Å²) in [5.41, 5.74) is 0.662. The van der Waals surface area contributed by atoms with Crippen LogP contribution < -0.4 is 20.3 Å². The molecule has 1 aliphatic carbocycles. The molecular weight excluding hydrogens is 458 g/mol. The molecule has 1 fully saturated rings. The predicted molar refractivity (Wildman–Crippen MR) is 129 cm³/mol. The number of carbonyl (C=O) groups is 2. The largest absolute Gasteiger partial charge is 0.493 e. The van der Waals surface area contributed by atoms with Crippen molar-refractivity contribution >= 4 is 39.1 Å². The molecule has 0 aliphatic heterocycles. The molecule has 2 aromatic heterocycles. The van der Waals surface area contributed by atoms with Gasteiger partial charge in [-0.05, 0) is 50.3 Å². The van der Waals surface area contributed by atoms with Gasteiger partial charge in [-0.2, -0.15) is 0 Å². The van der Waals surface area contributed by atoms with Gasteiger partial charge in [0, 0.05) is 11.8 Å². The standard InChI is InChI=1S/C24H27N3O6S/c1-14-20-22(34-21(14)24(30)33-16-7-5-4-6-8-16)25-13-27(23(20)29)12-19(28)26-15-9-10-17(31-2)18(11-15)32-3/h9-11,13,16H,4-8,12H2,1-3H3,(H,26,28). The molecule has 0 bridgehead atoms. The Morgan fingerprint density at radius 3 is 2.59 bits per heavy atom. The molecule has 34 heavy (non-hydrogen) atoms. The van der Waals surface area contributed by atoms with Crippen molar-refractivity contribution in [2.24, 2.45) is 0 Å². The van der Waals surface area contributed by atoms with E-state index in [9.17, 15) is 14.4 Å². The second kappa shape index (κ2) is 10.3. The summed E-state index contributed by atoms with van der Waals surface area (Å²) >= 11 is 1.15. The van der Waals surface area contributed by atoms with Gasteiger partial charge in [0.25, 0.3) is 5.56 Å². The summed E-state index contributed by atoms with van der Waals surface area (Å²) in [4.78, 5) is 43.6. The first-order valence-electron chi connectivity index (χ1n) is 11.1. The van der Waals surface area contributed by atoms with E-state index in [2.05, 4.69) is 10.3 Å². The quantitative estimate of drug-likeness (QED) is 0.505. The molecular formula is C24H27N3O6S. The molecule has 4 rings (SSSR count). The maximum atomic E-state index is 13.1. The molecule has 1 aliphatic rings. The van der Waals surface area contributed by atoms with E-state index in [1.807, 2.05) is 0 Å². The monoisotopic (exact) mass is 485 g/mol. The number of nitrogens with one attached hydrogen (secondary N) is 1. The van der Waals surface area contributed by atoms with Gasteiger partial charge in [0.2, 0.25) is 5.91 Å². The summed E-state index contributed by atoms with van der Waals surface area (Å²) in [5.74, 6) is 0.198. The molecule has 1 saturated carbocycles. The summed E-state index contributed by atoms with van der Waals surface area (Å²) in [6, 6.07) is 4.99. The van der Waals surface area contributed by atoms with Crippen LogP contribution in [0.5, 0.6) is 11.5 Å². The SMILES string of the molecule is COc1ccc(NC(=O)Cn2cnc3sc(C(=O)OC4CCCCC4)c(C)c3c2=O)cc1OC. The maximum absolute atomic E-state index is 13.1. The van der Waals surface area contributed by atoms with Crippen LogP contribution in [0.3, 0.4) is 0 Å². The number of rotatable bonds is 7. The van der Waals surface area contributed by atoms with Crippen molar-refractivity contribution in [3.8, 4) is 11.5 Å². The lowest BCUT2D eigenvalue weighted by Gasteiger charge is -2.21. The Morgan fingerprint density at radius 2 is 1.88 bits per heavy atom. The van der Waals surface area contributed by atoms with Crippen LogP contribution in [-0.4, -0.2) is 41.8 Å². The normalized spacial score (nSPS) is 14.1. The first kappa shape index (κ1) is 23.7. The molecule has 10 heteroatoms. The van der Waals surface area contributed by atoms with Crippen LogP contribution in [-0.2, 0) is 16.1 Å². The summed E-state index contributed by atoms with van der Waals surface area (Å²) in [5, 5.41) is 3.08. The number of aryl methyl sites for hydroxylation is 1. The third-order valence-electron chi connectivity index (χ3n) is 5.91. The molecule has 180 valence electrons. The number of aromatic nitrogens is 2. The fourth-order valence-electron chi connectivity index (χ4n) is 4.12. The molecule has 0 saturated heterocycles. The number of anilines is 1. The Balaban J connectivity index is 1.52. The average molecular weight is 486 g/mol. The number of amides is 1. The van der Waals surface area contributed by atoms with Crippen molar-refractivity contribution < 1.29 is 23.8 Å². The van der Waals surface area contributed by atoms with Gasteiger partial charge in [-0.1, -0.05) is 6.42 Å². The molecule has 0 unspecified atom stereocenters. The molecule has 1 amide bonds.